The average molecular weight is 354 g/mol. The molecule has 0 fully saturated rings. The van der Waals surface area contributed by atoms with Crippen LogP contribution < -0.4 is 10.5 Å². The maximum absolute atomic E-state index is 12.4. The Bertz CT molecular complexity index is 919. The number of aromatic nitrogens is 1. The summed E-state index contributed by atoms with van der Waals surface area (Å²) in [7, 11) is -4.18. The van der Waals surface area contributed by atoms with Crippen LogP contribution in [0.1, 0.15) is 27.4 Å². The fraction of sp³-hybridized carbons (Fsp3) is 0.231. The van der Waals surface area contributed by atoms with E-state index in [4.69, 9.17) is 10.3 Å². The first-order valence-electron chi connectivity index (χ1n) is 6.62. The Kier molecular flexibility index (Phi) is 4.66. The third-order valence-electron chi connectivity index (χ3n) is 3.31. The second-order valence-corrected chi connectivity index (χ2v) is 6.76. The lowest BCUT2D eigenvalue weighted by Crippen LogP contribution is -2.24. The summed E-state index contributed by atoms with van der Waals surface area (Å²) in [5.41, 5.74) is 5.52. The van der Waals surface area contributed by atoms with Gasteiger partial charge in [0, 0.05) is 12.1 Å². The molecule has 0 radical (unpaired) electrons. The van der Waals surface area contributed by atoms with Crippen molar-refractivity contribution >= 4 is 21.6 Å². The topological polar surface area (TPSA) is 158 Å². The minimum absolute atomic E-state index is 0.0406. The molecule has 2 rings (SSSR count). The molecule has 128 valence electrons. The number of aryl methyl sites for hydroxylation is 2. The molecule has 0 aliphatic rings. The van der Waals surface area contributed by atoms with Crippen LogP contribution in [0.5, 0.6) is 0 Å². The highest BCUT2D eigenvalue weighted by Gasteiger charge is 2.27. The Morgan fingerprint density at radius 2 is 1.96 bits per heavy atom. The summed E-state index contributed by atoms with van der Waals surface area (Å²) in [6, 6.07) is 3.61. The molecule has 0 saturated heterocycles. The zero-order chi connectivity index (χ0) is 18.1. The zero-order valence-corrected chi connectivity index (χ0v) is 13.6. The minimum atomic E-state index is -4.18. The minimum Gasteiger partial charge on any atom is -0.364 e. The van der Waals surface area contributed by atoms with Crippen LogP contribution in [0.2, 0.25) is 0 Å². The van der Waals surface area contributed by atoms with E-state index in [1.165, 1.54) is 18.2 Å². The van der Waals surface area contributed by atoms with Gasteiger partial charge in [0.25, 0.3) is 11.6 Å². The molecular weight excluding hydrogens is 340 g/mol. The van der Waals surface area contributed by atoms with Gasteiger partial charge in [-0.15, -0.1) is 0 Å². The first-order valence-corrected chi connectivity index (χ1v) is 8.11. The van der Waals surface area contributed by atoms with Crippen LogP contribution in [0.4, 0.5) is 5.69 Å². The van der Waals surface area contributed by atoms with Crippen LogP contribution in [0.25, 0.3) is 0 Å². The fourth-order valence-corrected chi connectivity index (χ4v) is 3.12. The molecule has 2 aromatic rings. The predicted octanol–water partition coefficient (Wildman–Crippen LogP) is 0.777. The molecule has 0 atom stereocenters. The van der Waals surface area contributed by atoms with Crippen molar-refractivity contribution < 1.29 is 22.7 Å². The van der Waals surface area contributed by atoms with Gasteiger partial charge in [-0.3, -0.25) is 14.9 Å². The second-order valence-electron chi connectivity index (χ2n) is 5.03. The number of nitrogens with zero attached hydrogens (tertiary/aromatic N) is 2. The van der Waals surface area contributed by atoms with Crippen molar-refractivity contribution in [2.75, 3.05) is 0 Å². The molecule has 1 aromatic carbocycles. The van der Waals surface area contributed by atoms with Gasteiger partial charge in [0.15, 0.2) is 16.3 Å². The Morgan fingerprint density at radius 1 is 1.33 bits per heavy atom. The molecule has 0 aliphatic heterocycles. The van der Waals surface area contributed by atoms with Gasteiger partial charge in [-0.1, -0.05) is 5.16 Å². The lowest BCUT2D eigenvalue weighted by atomic mass is 10.1. The molecule has 10 nitrogen and oxygen atoms in total. The van der Waals surface area contributed by atoms with Crippen LogP contribution in [-0.4, -0.2) is 24.4 Å². The largest absolute Gasteiger partial charge is 0.364 e. The Hall–Kier alpha value is -2.79. The van der Waals surface area contributed by atoms with Gasteiger partial charge in [0.2, 0.25) is 10.0 Å². The Morgan fingerprint density at radius 3 is 2.50 bits per heavy atom. The average Bonchev–Trinajstić information content (AvgIpc) is 2.96. The number of hydrogen-bond acceptors (Lipinski definition) is 7. The molecule has 1 amide bonds. The van der Waals surface area contributed by atoms with Gasteiger partial charge in [-0.25, -0.2) is 13.1 Å². The van der Waals surface area contributed by atoms with Crippen molar-refractivity contribution in [2.45, 2.75) is 25.3 Å². The highest BCUT2D eigenvalue weighted by Crippen LogP contribution is 2.27. The van der Waals surface area contributed by atoms with Crippen LogP contribution in [0.3, 0.4) is 0 Å². The molecule has 24 heavy (non-hydrogen) atoms. The molecule has 0 unspecified atom stereocenters. The van der Waals surface area contributed by atoms with E-state index in [2.05, 4.69) is 9.88 Å². The summed E-state index contributed by atoms with van der Waals surface area (Å²) < 4.78 is 31.7. The molecule has 3 N–H and O–H groups in total. The molecular formula is C13H14N4O6S. The SMILES string of the molecule is Cc1cc([N+](=O)[O-])c(S(=O)(=O)NCc2cc(C(N)=O)no2)cc1C. The van der Waals surface area contributed by atoms with Crippen LogP contribution in [0, 0.1) is 24.0 Å². The summed E-state index contributed by atoms with van der Waals surface area (Å²) >= 11 is 0. The molecule has 0 saturated carbocycles. The maximum Gasteiger partial charge on any atom is 0.289 e. The number of carbonyl (C=O) groups is 1. The lowest BCUT2D eigenvalue weighted by Gasteiger charge is -2.08. The number of hydrogen-bond donors (Lipinski definition) is 2. The van der Waals surface area contributed by atoms with Gasteiger partial charge in [0.05, 0.1) is 11.5 Å². The summed E-state index contributed by atoms with van der Waals surface area (Å²) in [5.74, 6) is -0.781. The van der Waals surface area contributed by atoms with Crippen molar-refractivity contribution in [3.05, 3.63) is 50.9 Å². The van der Waals surface area contributed by atoms with Crippen molar-refractivity contribution in [1.82, 2.24) is 9.88 Å². The Balaban J connectivity index is 2.31. The third-order valence-corrected chi connectivity index (χ3v) is 4.74. The molecule has 1 heterocycles. The number of amides is 1. The highest BCUT2D eigenvalue weighted by molar-refractivity contribution is 7.89. The maximum atomic E-state index is 12.4. The number of benzene rings is 1. The van der Waals surface area contributed by atoms with Crippen molar-refractivity contribution in [3.8, 4) is 0 Å². The number of rotatable bonds is 6. The van der Waals surface area contributed by atoms with E-state index in [0.29, 0.717) is 11.1 Å². The third kappa shape index (κ3) is 3.58. The van der Waals surface area contributed by atoms with Gasteiger partial charge in [-0.05, 0) is 31.0 Å². The first-order chi connectivity index (χ1) is 11.1. The summed E-state index contributed by atoms with van der Waals surface area (Å²) in [4.78, 5) is 20.8. The van der Waals surface area contributed by atoms with Gasteiger partial charge in [-0.2, -0.15) is 0 Å². The van der Waals surface area contributed by atoms with Gasteiger partial charge >= 0.3 is 0 Å². The number of nitro groups is 1. The lowest BCUT2D eigenvalue weighted by molar-refractivity contribution is -0.387. The monoisotopic (exact) mass is 354 g/mol. The van der Waals surface area contributed by atoms with E-state index in [1.54, 1.807) is 13.8 Å². The summed E-state index contributed by atoms with van der Waals surface area (Å²) in [6.45, 7) is 2.95. The quantitative estimate of drug-likeness (QED) is 0.572. The fourth-order valence-electron chi connectivity index (χ4n) is 1.89. The number of nitrogens with one attached hydrogen (secondary N) is 1. The van der Waals surface area contributed by atoms with Crippen molar-refractivity contribution in [1.29, 1.82) is 0 Å². The Labute approximate surface area is 136 Å². The molecule has 0 aliphatic carbocycles. The zero-order valence-electron chi connectivity index (χ0n) is 12.8. The standard InChI is InChI=1S/C13H14N4O6S/c1-7-3-11(17(19)20)12(4-8(7)2)24(21,22)15-6-9-5-10(13(14)18)16-23-9/h3-5,15H,6H2,1-2H3,(H2,14,18). The van der Waals surface area contributed by atoms with E-state index in [1.807, 2.05) is 0 Å². The van der Waals surface area contributed by atoms with Crippen LogP contribution >= 0.6 is 0 Å². The number of primary amides is 1. The molecule has 0 bridgehead atoms. The molecule has 11 heteroatoms. The van der Waals surface area contributed by atoms with E-state index >= 15 is 0 Å². The number of nitrogens with two attached hydrogens (primary N) is 1. The number of sulfonamides is 1. The second kappa shape index (κ2) is 6.37. The molecule has 1 aromatic heterocycles. The highest BCUT2D eigenvalue weighted by atomic mass is 32.2. The van der Waals surface area contributed by atoms with Crippen LogP contribution in [-0.2, 0) is 16.6 Å². The van der Waals surface area contributed by atoms with Gasteiger partial charge < -0.3 is 10.3 Å². The van der Waals surface area contributed by atoms with Crippen molar-refractivity contribution in [2.24, 2.45) is 5.73 Å². The van der Waals surface area contributed by atoms with E-state index in [0.717, 1.165) is 0 Å². The van der Waals surface area contributed by atoms with E-state index < -0.39 is 31.4 Å². The van der Waals surface area contributed by atoms with E-state index in [9.17, 15) is 23.3 Å². The first kappa shape index (κ1) is 17.6. The normalized spacial score (nSPS) is 11.4. The summed E-state index contributed by atoms with van der Waals surface area (Å²) in [5, 5.41) is 14.5. The van der Waals surface area contributed by atoms with Gasteiger partial charge in [0.1, 0.15) is 0 Å². The number of carbonyl (C=O) groups excluding carboxylic acids is 1. The van der Waals surface area contributed by atoms with E-state index in [-0.39, 0.29) is 18.0 Å². The molecule has 0 spiro atoms. The summed E-state index contributed by atoms with van der Waals surface area (Å²) in [6.07, 6.45) is 0. The van der Waals surface area contributed by atoms with Crippen LogP contribution in [0.15, 0.2) is 27.6 Å². The number of nitro benzene ring substituents is 1. The smallest absolute Gasteiger partial charge is 0.289 e. The van der Waals surface area contributed by atoms with Crippen molar-refractivity contribution in [3.63, 3.8) is 0 Å². The predicted molar refractivity (Wildman–Crippen MR) is 81.6 cm³/mol.